The van der Waals surface area contributed by atoms with Crippen LogP contribution in [0.3, 0.4) is 0 Å². The summed E-state index contributed by atoms with van der Waals surface area (Å²) in [4.78, 5) is 0. The molecule has 0 aromatic heterocycles. The first kappa shape index (κ1) is 29.2. The van der Waals surface area contributed by atoms with Gasteiger partial charge in [0.25, 0.3) is 0 Å². The number of fused-ring (bicyclic) bond motifs is 1. The van der Waals surface area contributed by atoms with Gasteiger partial charge in [-0.2, -0.15) is 5.26 Å². The highest BCUT2D eigenvalue weighted by atomic mass is 19.1. The molecular formula is C36H46F3N. The summed E-state index contributed by atoms with van der Waals surface area (Å²) in [6, 6.07) is 8.34. The molecule has 0 radical (unpaired) electrons. The molecule has 2 fully saturated rings. The van der Waals surface area contributed by atoms with Crippen LogP contribution in [0.5, 0.6) is 0 Å². The zero-order valence-electron chi connectivity index (χ0n) is 24.3. The monoisotopic (exact) mass is 549 g/mol. The fourth-order valence-corrected chi connectivity index (χ4v) is 8.12. The fourth-order valence-electron chi connectivity index (χ4n) is 8.12. The highest BCUT2D eigenvalue weighted by Crippen LogP contribution is 2.44. The Bertz CT molecular complexity index is 1180. The number of nitriles is 1. The number of rotatable bonds is 9. The lowest BCUT2D eigenvalue weighted by atomic mass is 9.73. The number of nitrogens with zero attached hydrogens (tertiary/aromatic N) is 1. The molecule has 3 aliphatic rings. The lowest BCUT2D eigenvalue weighted by molar-refractivity contribution is 0.233. The largest absolute Gasteiger partial charge is 0.207 e. The van der Waals surface area contributed by atoms with E-state index in [-0.39, 0.29) is 34.6 Å². The van der Waals surface area contributed by atoms with Gasteiger partial charge in [0.1, 0.15) is 23.5 Å². The smallest absolute Gasteiger partial charge is 0.141 e. The summed E-state index contributed by atoms with van der Waals surface area (Å²) in [6.07, 6.45) is 19.0. The van der Waals surface area contributed by atoms with Gasteiger partial charge in [-0.3, -0.25) is 0 Å². The molecule has 2 aromatic rings. The molecule has 3 aliphatic carbocycles. The highest BCUT2D eigenvalue weighted by Gasteiger charge is 2.32. The molecule has 2 aromatic carbocycles. The van der Waals surface area contributed by atoms with Crippen LogP contribution < -0.4 is 0 Å². The maximum atomic E-state index is 15.8. The van der Waals surface area contributed by atoms with E-state index in [0.717, 1.165) is 60.6 Å². The van der Waals surface area contributed by atoms with Crippen LogP contribution >= 0.6 is 0 Å². The van der Waals surface area contributed by atoms with E-state index >= 15 is 8.78 Å². The molecular weight excluding hydrogens is 503 g/mol. The summed E-state index contributed by atoms with van der Waals surface area (Å²) in [7, 11) is 0. The second-order valence-electron chi connectivity index (χ2n) is 13.2. The summed E-state index contributed by atoms with van der Waals surface area (Å²) in [5.41, 5.74) is 2.89. The predicted octanol–water partition coefficient (Wildman–Crippen LogP) is 10.7. The zero-order valence-corrected chi connectivity index (χ0v) is 24.3. The van der Waals surface area contributed by atoms with Gasteiger partial charge < -0.3 is 0 Å². The third-order valence-electron chi connectivity index (χ3n) is 10.6. The SMILES string of the molecule is CCCCCC1CCC(CCC2CCc3c(cc(F)c(C4CCC(c5ccc(C#N)c(F)c5)CC4)c3F)C2)CC1. The molecule has 1 atom stereocenters. The summed E-state index contributed by atoms with van der Waals surface area (Å²) in [6.45, 7) is 2.28. The fraction of sp³-hybridized carbons (Fsp3) is 0.639. The summed E-state index contributed by atoms with van der Waals surface area (Å²) >= 11 is 0. The molecule has 0 spiro atoms. The number of hydrogen-bond donors (Lipinski definition) is 0. The second-order valence-corrected chi connectivity index (χ2v) is 13.2. The standard InChI is InChI=1S/C36H46F3N/c1-2-3-4-5-24-6-8-25(9-7-24)10-11-26-12-19-32-31(20-26)22-34(38)35(36(32)39)28-15-13-27(14-16-28)29-17-18-30(23-40)33(37)21-29/h17-18,21-22,24-28H,2-16,19-20H2,1H3. The first-order valence-electron chi connectivity index (χ1n) is 16.2. The molecule has 1 unspecified atom stereocenters. The van der Waals surface area contributed by atoms with E-state index < -0.39 is 5.82 Å². The molecule has 4 heteroatoms. The van der Waals surface area contributed by atoms with Crippen molar-refractivity contribution >= 4 is 0 Å². The molecule has 216 valence electrons. The van der Waals surface area contributed by atoms with E-state index in [1.165, 1.54) is 76.3 Å². The Hall–Kier alpha value is -2.28. The highest BCUT2D eigenvalue weighted by molar-refractivity contribution is 5.40. The molecule has 1 nitrogen and oxygen atoms in total. The van der Waals surface area contributed by atoms with Gasteiger partial charge in [0.05, 0.1) is 5.56 Å². The number of halogens is 3. The lowest BCUT2D eigenvalue weighted by Crippen LogP contribution is -2.21. The van der Waals surface area contributed by atoms with Gasteiger partial charge in [-0.05, 0) is 116 Å². The van der Waals surface area contributed by atoms with E-state index in [1.807, 2.05) is 12.1 Å². The quantitative estimate of drug-likeness (QED) is 0.285. The van der Waals surface area contributed by atoms with Crippen LogP contribution in [-0.2, 0) is 12.8 Å². The van der Waals surface area contributed by atoms with E-state index in [1.54, 1.807) is 6.07 Å². The minimum Gasteiger partial charge on any atom is -0.207 e. The molecule has 0 aliphatic heterocycles. The number of hydrogen-bond acceptors (Lipinski definition) is 1. The Morgan fingerprint density at radius 2 is 1.43 bits per heavy atom. The Morgan fingerprint density at radius 1 is 0.750 bits per heavy atom. The van der Waals surface area contributed by atoms with Crippen molar-refractivity contribution < 1.29 is 13.2 Å². The van der Waals surface area contributed by atoms with Crippen LogP contribution in [0, 0.1) is 46.5 Å². The molecule has 0 saturated heterocycles. The molecule has 0 N–H and O–H groups in total. The first-order valence-corrected chi connectivity index (χ1v) is 16.2. The van der Waals surface area contributed by atoms with Crippen molar-refractivity contribution in [2.45, 2.75) is 128 Å². The van der Waals surface area contributed by atoms with E-state index in [4.69, 9.17) is 5.26 Å². The van der Waals surface area contributed by atoms with E-state index in [2.05, 4.69) is 6.92 Å². The minimum atomic E-state index is -0.489. The first-order chi connectivity index (χ1) is 19.5. The van der Waals surface area contributed by atoms with Gasteiger partial charge in [-0.15, -0.1) is 0 Å². The van der Waals surface area contributed by atoms with Crippen molar-refractivity contribution in [3.63, 3.8) is 0 Å². The van der Waals surface area contributed by atoms with E-state index in [0.29, 0.717) is 18.8 Å². The van der Waals surface area contributed by atoms with Crippen LogP contribution in [-0.4, -0.2) is 0 Å². The minimum absolute atomic E-state index is 0.0539. The van der Waals surface area contributed by atoms with Gasteiger partial charge in [-0.25, -0.2) is 13.2 Å². The second kappa shape index (κ2) is 13.6. The summed E-state index contributed by atoms with van der Waals surface area (Å²) in [5, 5.41) is 8.99. The Labute approximate surface area is 239 Å². The van der Waals surface area contributed by atoms with Crippen LogP contribution in [0.15, 0.2) is 24.3 Å². The maximum Gasteiger partial charge on any atom is 0.141 e. The van der Waals surface area contributed by atoms with Crippen LogP contribution in [0.1, 0.15) is 143 Å². The molecule has 0 amide bonds. The predicted molar refractivity (Wildman–Crippen MR) is 156 cm³/mol. The average Bonchev–Trinajstić information content (AvgIpc) is 2.97. The molecule has 40 heavy (non-hydrogen) atoms. The topological polar surface area (TPSA) is 23.8 Å². The van der Waals surface area contributed by atoms with Crippen molar-refractivity contribution in [1.82, 2.24) is 0 Å². The summed E-state index contributed by atoms with van der Waals surface area (Å²) < 4.78 is 45.3. The zero-order chi connectivity index (χ0) is 28.1. The van der Waals surface area contributed by atoms with Crippen LogP contribution in [0.4, 0.5) is 13.2 Å². The van der Waals surface area contributed by atoms with Crippen LogP contribution in [0.2, 0.25) is 0 Å². The third kappa shape index (κ3) is 6.78. The van der Waals surface area contributed by atoms with E-state index in [9.17, 15) is 4.39 Å². The average molecular weight is 550 g/mol. The van der Waals surface area contributed by atoms with Crippen molar-refractivity contribution in [3.05, 3.63) is 69.5 Å². The molecule has 0 heterocycles. The number of unbranched alkanes of at least 4 members (excludes halogenated alkanes) is 2. The van der Waals surface area contributed by atoms with Gasteiger partial charge in [0.15, 0.2) is 0 Å². The van der Waals surface area contributed by atoms with Crippen molar-refractivity contribution in [1.29, 1.82) is 5.26 Å². The van der Waals surface area contributed by atoms with Crippen molar-refractivity contribution in [2.75, 3.05) is 0 Å². The van der Waals surface area contributed by atoms with Gasteiger partial charge in [0.2, 0.25) is 0 Å². The van der Waals surface area contributed by atoms with Crippen molar-refractivity contribution in [3.8, 4) is 6.07 Å². The van der Waals surface area contributed by atoms with Gasteiger partial charge >= 0.3 is 0 Å². The molecule has 0 bridgehead atoms. The molecule has 2 saturated carbocycles. The molecule has 5 rings (SSSR count). The summed E-state index contributed by atoms with van der Waals surface area (Å²) in [5.74, 6) is 1.22. The number of benzene rings is 2. The normalized spacial score (nSPS) is 26.7. The Balaban J connectivity index is 1.14. The lowest BCUT2D eigenvalue weighted by Gasteiger charge is -2.32. The van der Waals surface area contributed by atoms with Crippen LogP contribution in [0.25, 0.3) is 0 Å². The maximum absolute atomic E-state index is 15.8. The Morgan fingerprint density at radius 3 is 2.10 bits per heavy atom. The Kier molecular flexibility index (Phi) is 9.93. The van der Waals surface area contributed by atoms with Gasteiger partial charge in [-0.1, -0.05) is 70.8 Å². The van der Waals surface area contributed by atoms with Gasteiger partial charge in [0, 0.05) is 5.56 Å². The van der Waals surface area contributed by atoms with Crippen molar-refractivity contribution in [2.24, 2.45) is 17.8 Å². The third-order valence-corrected chi connectivity index (χ3v) is 10.6.